The number of ether oxygens (including phenoxy) is 1. The Hall–Kier alpha value is -3.72. The predicted molar refractivity (Wildman–Crippen MR) is 115 cm³/mol. The molecule has 0 spiro atoms. The number of hydrogen-bond acceptors (Lipinski definition) is 7. The van der Waals surface area contributed by atoms with E-state index in [-0.39, 0.29) is 18.1 Å². The summed E-state index contributed by atoms with van der Waals surface area (Å²) in [5.41, 5.74) is 2.60. The topological polar surface area (TPSA) is 101 Å². The normalized spacial score (nSPS) is 13.6. The highest BCUT2D eigenvalue weighted by molar-refractivity contribution is 5.98. The highest BCUT2D eigenvalue weighted by atomic mass is 16.5. The summed E-state index contributed by atoms with van der Waals surface area (Å²) < 4.78 is 10.6. The first kappa shape index (κ1) is 20.5. The second kappa shape index (κ2) is 9.40. The zero-order valence-corrected chi connectivity index (χ0v) is 17.2. The molecule has 3 aromatic rings. The standard InChI is InChI=1S/C22H23N5O4/c1-26(22(29)19-13-20(31-25-19)16-3-2-8-23-14-16)15-21(28)24-17-4-6-18(7-5-17)27-9-11-30-12-10-27/h2-8,13-14H,9-12,15H2,1H3,(H,24,28). The molecule has 1 aliphatic rings. The zero-order valence-electron chi connectivity index (χ0n) is 17.2. The Morgan fingerprint density at radius 1 is 1.16 bits per heavy atom. The van der Waals surface area contributed by atoms with Crippen molar-refractivity contribution in [1.29, 1.82) is 0 Å². The van der Waals surface area contributed by atoms with Gasteiger partial charge in [0.2, 0.25) is 5.91 Å². The second-order valence-electron chi connectivity index (χ2n) is 7.17. The van der Waals surface area contributed by atoms with Gasteiger partial charge in [-0.15, -0.1) is 0 Å². The van der Waals surface area contributed by atoms with Crippen LogP contribution in [0.3, 0.4) is 0 Å². The SMILES string of the molecule is CN(CC(=O)Nc1ccc(N2CCOCC2)cc1)C(=O)c1cc(-c2cccnc2)on1. The van der Waals surface area contributed by atoms with Crippen molar-refractivity contribution in [3.8, 4) is 11.3 Å². The number of carbonyl (C=O) groups excluding carboxylic acids is 2. The zero-order chi connectivity index (χ0) is 21.6. The van der Waals surface area contributed by atoms with Crippen LogP contribution < -0.4 is 10.2 Å². The summed E-state index contributed by atoms with van der Waals surface area (Å²) in [5.74, 6) is -0.266. The Morgan fingerprint density at radius 3 is 2.65 bits per heavy atom. The lowest BCUT2D eigenvalue weighted by molar-refractivity contribution is -0.116. The van der Waals surface area contributed by atoms with Crippen molar-refractivity contribution in [3.63, 3.8) is 0 Å². The molecule has 0 atom stereocenters. The van der Waals surface area contributed by atoms with Crippen molar-refractivity contribution in [3.05, 3.63) is 60.6 Å². The highest BCUT2D eigenvalue weighted by Gasteiger charge is 2.20. The third-order valence-electron chi connectivity index (χ3n) is 4.93. The maximum atomic E-state index is 12.6. The first-order chi connectivity index (χ1) is 15.1. The van der Waals surface area contributed by atoms with Crippen molar-refractivity contribution < 1.29 is 18.8 Å². The van der Waals surface area contributed by atoms with E-state index in [1.807, 2.05) is 30.3 Å². The van der Waals surface area contributed by atoms with Gasteiger partial charge in [0.25, 0.3) is 5.91 Å². The van der Waals surface area contributed by atoms with Crippen LogP contribution in [0, 0.1) is 0 Å². The molecule has 0 aliphatic carbocycles. The quantitative estimate of drug-likeness (QED) is 0.652. The van der Waals surface area contributed by atoms with Crippen LogP contribution >= 0.6 is 0 Å². The lowest BCUT2D eigenvalue weighted by atomic mass is 10.2. The summed E-state index contributed by atoms with van der Waals surface area (Å²) in [6.45, 7) is 3.02. The highest BCUT2D eigenvalue weighted by Crippen LogP contribution is 2.20. The van der Waals surface area contributed by atoms with Crippen LogP contribution in [0.5, 0.6) is 0 Å². The molecule has 1 aromatic carbocycles. The van der Waals surface area contributed by atoms with Crippen molar-refractivity contribution in [2.45, 2.75) is 0 Å². The van der Waals surface area contributed by atoms with Crippen LogP contribution in [-0.4, -0.2) is 66.8 Å². The van der Waals surface area contributed by atoms with Gasteiger partial charge in [0, 0.05) is 55.5 Å². The fourth-order valence-electron chi connectivity index (χ4n) is 3.28. The molecule has 0 radical (unpaired) electrons. The Morgan fingerprint density at radius 2 is 1.94 bits per heavy atom. The Balaban J connectivity index is 1.32. The van der Waals surface area contributed by atoms with E-state index < -0.39 is 5.91 Å². The van der Waals surface area contributed by atoms with E-state index in [1.54, 1.807) is 25.5 Å². The van der Waals surface area contributed by atoms with Gasteiger partial charge >= 0.3 is 0 Å². The minimum atomic E-state index is -0.406. The molecule has 3 heterocycles. The molecule has 1 saturated heterocycles. The minimum absolute atomic E-state index is 0.112. The lowest BCUT2D eigenvalue weighted by Crippen LogP contribution is -2.36. The van der Waals surface area contributed by atoms with Crippen LogP contribution in [0.15, 0.2) is 59.4 Å². The monoisotopic (exact) mass is 421 g/mol. The average molecular weight is 421 g/mol. The third-order valence-corrected chi connectivity index (χ3v) is 4.93. The van der Waals surface area contributed by atoms with Gasteiger partial charge < -0.3 is 24.4 Å². The maximum absolute atomic E-state index is 12.6. The van der Waals surface area contributed by atoms with Gasteiger partial charge in [-0.3, -0.25) is 14.6 Å². The maximum Gasteiger partial charge on any atom is 0.276 e. The molecule has 1 aliphatic heterocycles. The number of aromatic nitrogens is 2. The van der Waals surface area contributed by atoms with Gasteiger partial charge in [-0.25, -0.2) is 0 Å². The average Bonchev–Trinajstić information content (AvgIpc) is 3.30. The number of benzene rings is 1. The van der Waals surface area contributed by atoms with Gasteiger partial charge in [0.1, 0.15) is 0 Å². The first-order valence-corrected chi connectivity index (χ1v) is 9.95. The number of morpholine rings is 1. The molecule has 160 valence electrons. The Kier molecular flexibility index (Phi) is 6.23. The van der Waals surface area contributed by atoms with Crippen LogP contribution in [0.4, 0.5) is 11.4 Å². The Labute approximate surface area is 179 Å². The molecule has 1 fully saturated rings. The first-order valence-electron chi connectivity index (χ1n) is 9.95. The van der Waals surface area contributed by atoms with E-state index in [9.17, 15) is 9.59 Å². The fourth-order valence-corrected chi connectivity index (χ4v) is 3.28. The van der Waals surface area contributed by atoms with E-state index in [1.165, 1.54) is 11.0 Å². The summed E-state index contributed by atoms with van der Waals surface area (Å²) in [4.78, 5) is 32.5. The number of nitrogens with one attached hydrogen (secondary N) is 1. The largest absolute Gasteiger partial charge is 0.378 e. The second-order valence-corrected chi connectivity index (χ2v) is 7.17. The fraction of sp³-hybridized carbons (Fsp3) is 0.273. The van der Waals surface area contributed by atoms with E-state index >= 15 is 0 Å². The van der Waals surface area contributed by atoms with Gasteiger partial charge in [0.15, 0.2) is 11.5 Å². The summed E-state index contributed by atoms with van der Waals surface area (Å²) in [5, 5.41) is 6.63. The number of amides is 2. The predicted octanol–water partition coefficient (Wildman–Crippen LogP) is 2.28. The van der Waals surface area contributed by atoms with E-state index in [4.69, 9.17) is 9.26 Å². The summed E-state index contributed by atoms with van der Waals surface area (Å²) in [6.07, 6.45) is 3.27. The third kappa shape index (κ3) is 5.07. The molecular weight excluding hydrogens is 398 g/mol. The van der Waals surface area contributed by atoms with Crippen LogP contribution in [0.25, 0.3) is 11.3 Å². The van der Waals surface area contributed by atoms with Crippen LogP contribution in [-0.2, 0) is 9.53 Å². The molecule has 1 N–H and O–H groups in total. The van der Waals surface area contributed by atoms with Crippen molar-refractivity contribution in [2.24, 2.45) is 0 Å². The molecule has 31 heavy (non-hydrogen) atoms. The van der Waals surface area contributed by atoms with Gasteiger partial charge in [-0.2, -0.15) is 0 Å². The van der Waals surface area contributed by atoms with Gasteiger partial charge in [-0.1, -0.05) is 5.16 Å². The minimum Gasteiger partial charge on any atom is -0.378 e. The van der Waals surface area contributed by atoms with Crippen LogP contribution in [0.2, 0.25) is 0 Å². The number of hydrogen-bond donors (Lipinski definition) is 1. The molecule has 0 unspecified atom stereocenters. The van der Waals surface area contributed by atoms with Crippen LogP contribution in [0.1, 0.15) is 10.5 Å². The lowest BCUT2D eigenvalue weighted by Gasteiger charge is -2.28. The molecule has 9 heteroatoms. The number of carbonyl (C=O) groups is 2. The molecular formula is C22H23N5O4. The van der Waals surface area contributed by atoms with Gasteiger partial charge in [-0.05, 0) is 36.4 Å². The van der Waals surface area contributed by atoms with Crippen molar-refractivity contribution >= 4 is 23.2 Å². The summed E-state index contributed by atoms with van der Waals surface area (Å²) in [7, 11) is 1.54. The number of rotatable bonds is 6. The van der Waals surface area contributed by atoms with E-state index in [0.717, 1.165) is 24.3 Å². The van der Waals surface area contributed by atoms with Crippen molar-refractivity contribution in [1.82, 2.24) is 15.0 Å². The molecule has 4 rings (SSSR count). The number of pyridine rings is 1. The van der Waals surface area contributed by atoms with E-state index in [0.29, 0.717) is 24.7 Å². The molecule has 0 saturated carbocycles. The molecule has 2 aromatic heterocycles. The number of likely N-dealkylation sites (N-methyl/N-ethyl adjacent to an activating group) is 1. The number of nitrogens with zero attached hydrogens (tertiary/aromatic N) is 4. The molecule has 9 nitrogen and oxygen atoms in total. The molecule has 2 amide bonds. The van der Waals surface area contributed by atoms with E-state index in [2.05, 4.69) is 20.4 Å². The molecule has 0 bridgehead atoms. The Bertz CT molecular complexity index is 1030. The number of anilines is 2. The smallest absolute Gasteiger partial charge is 0.276 e. The summed E-state index contributed by atoms with van der Waals surface area (Å²) in [6, 6.07) is 12.7. The summed E-state index contributed by atoms with van der Waals surface area (Å²) >= 11 is 0. The van der Waals surface area contributed by atoms with Crippen molar-refractivity contribution in [2.75, 3.05) is 50.1 Å². The van der Waals surface area contributed by atoms with Gasteiger partial charge in [0.05, 0.1) is 19.8 Å².